The number of aliphatic hydroxyl groups excluding tert-OH is 1. The summed E-state index contributed by atoms with van der Waals surface area (Å²) in [4.78, 5) is 0. The summed E-state index contributed by atoms with van der Waals surface area (Å²) >= 11 is 3.23. The van der Waals surface area contributed by atoms with Gasteiger partial charge in [-0.05, 0) is 42.2 Å². The van der Waals surface area contributed by atoms with Gasteiger partial charge in [-0.1, -0.05) is 46.3 Å². The number of aliphatic hydroxyl groups is 1. The Morgan fingerprint density at radius 1 is 1.11 bits per heavy atom. The molecule has 1 atom stereocenters. The van der Waals surface area contributed by atoms with Gasteiger partial charge < -0.3 is 5.11 Å². The first kappa shape index (κ1) is 13.2. The van der Waals surface area contributed by atoms with Crippen LogP contribution in [0, 0.1) is 5.82 Å². The maximum atomic E-state index is 13.2. The predicted octanol–water partition coefficient (Wildman–Crippen LogP) is 4.25. The molecule has 3 heteroatoms. The summed E-state index contributed by atoms with van der Waals surface area (Å²) < 4.78 is 13.9. The predicted molar refractivity (Wildman–Crippen MR) is 73.8 cm³/mol. The maximum absolute atomic E-state index is 13.2. The first-order valence-corrected chi connectivity index (χ1v) is 6.62. The van der Waals surface area contributed by atoms with Crippen molar-refractivity contribution in [2.75, 3.05) is 0 Å². The number of rotatable bonds is 4. The van der Waals surface area contributed by atoms with Gasteiger partial charge in [0, 0.05) is 4.47 Å². The van der Waals surface area contributed by atoms with E-state index in [9.17, 15) is 9.50 Å². The van der Waals surface area contributed by atoms with Crippen LogP contribution < -0.4 is 0 Å². The number of halogens is 2. The smallest absolute Gasteiger partial charge is 0.124 e. The van der Waals surface area contributed by atoms with Gasteiger partial charge in [0.15, 0.2) is 0 Å². The lowest BCUT2D eigenvalue weighted by Gasteiger charge is -2.11. The lowest BCUT2D eigenvalue weighted by molar-refractivity contribution is 0.167. The lowest BCUT2D eigenvalue weighted by Crippen LogP contribution is -2.00. The van der Waals surface area contributed by atoms with Crippen molar-refractivity contribution < 1.29 is 9.50 Å². The highest BCUT2D eigenvalue weighted by atomic mass is 79.9. The van der Waals surface area contributed by atoms with Crippen LogP contribution in [-0.4, -0.2) is 5.11 Å². The summed E-state index contributed by atoms with van der Waals surface area (Å²) in [5.41, 5.74) is 1.78. The minimum atomic E-state index is -0.641. The van der Waals surface area contributed by atoms with E-state index < -0.39 is 6.10 Å². The highest BCUT2D eigenvalue weighted by Gasteiger charge is 2.09. The molecule has 1 nitrogen and oxygen atoms in total. The number of hydrogen-bond donors (Lipinski definition) is 1. The third kappa shape index (κ3) is 3.65. The minimum absolute atomic E-state index is 0.335. The molecule has 0 saturated carbocycles. The molecule has 2 aromatic carbocycles. The average molecular weight is 309 g/mol. The van der Waals surface area contributed by atoms with E-state index in [0.717, 1.165) is 6.42 Å². The van der Waals surface area contributed by atoms with Crippen LogP contribution in [-0.2, 0) is 6.42 Å². The van der Waals surface area contributed by atoms with Crippen molar-refractivity contribution in [2.45, 2.75) is 18.9 Å². The van der Waals surface area contributed by atoms with Crippen LogP contribution in [0.5, 0.6) is 0 Å². The van der Waals surface area contributed by atoms with E-state index in [1.165, 1.54) is 17.7 Å². The summed E-state index contributed by atoms with van der Waals surface area (Å²) in [5.74, 6) is -0.335. The maximum Gasteiger partial charge on any atom is 0.124 e. The van der Waals surface area contributed by atoms with Gasteiger partial charge in [-0.25, -0.2) is 4.39 Å². The summed E-state index contributed by atoms with van der Waals surface area (Å²) in [6, 6.07) is 14.5. The summed E-state index contributed by atoms with van der Waals surface area (Å²) in [6.45, 7) is 0. The first-order chi connectivity index (χ1) is 8.65. The molecule has 0 fully saturated rings. The molecule has 1 unspecified atom stereocenters. The van der Waals surface area contributed by atoms with Crippen molar-refractivity contribution in [1.82, 2.24) is 0 Å². The molecule has 94 valence electrons. The molecule has 0 aromatic heterocycles. The normalized spacial score (nSPS) is 12.4. The van der Waals surface area contributed by atoms with Gasteiger partial charge in [-0.2, -0.15) is 0 Å². The van der Waals surface area contributed by atoms with Gasteiger partial charge >= 0.3 is 0 Å². The van der Waals surface area contributed by atoms with Crippen molar-refractivity contribution in [2.24, 2.45) is 0 Å². The van der Waals surface area contributed by atoms with Crippen LogP contribution >= 0.6 is 15.9 Å². The topological polar surface area (TPSA) is 20.2 Å². The fourth-order valence-corrected chi connectivity index (χ4v) is 2.37. The Balaban J connectivity index is 2.01. The highest BCUT2D eigenvalue weighted by Crippen LogP contribution is 2.23. The fraction of sp³-hybridized carbons (Fsp3) is 0.200. The van der Waals surface area contributed by atoms with Gasteiger partial charge in [0.25, 0.3) is 0 Å². The van der Waals surface area contributed by atoms with Gasteiger partial charge in [0.1, 0.15) is 5.82 Å². The van der Waals surface area contributed by atoms with Crippen LogP contribution in [0.2, 0.25) is 0 Å². The average Bonchev–Trinajstić information content (AvgIpc) is 2.36. The van der Waals surface area contributed by atoms with Crippen molar-refractivity contribution in [3.63, 3.8) is 0 Å². The van der Waals surface area contributed by atoms with Crippen LogP contribution in [0.1, 0.15) is 23.7 Å². The molecular formula is C15H14BrFO. The standard InChI is InChI=1S/C15H14BrFO/c16-13-8-12(9-14(17)10-13)15(18)7-6-11-4-2-1-3-5-11/h1-5,8-10,15,18H,6-7H2. The SMILES string of the molecule is OC(CCc1ccccc1)c1cc(F)cc(Br)c1. The van der Waals surface area contributed by atoms with Crippen LogP contribution in [0.15, 0.2) is 53.0 Å². The molecule has 0 bridgehead atoms. The molecule has 0 amide bonds. The molecule has 2 rings (SSSR count). The first-order valence-electron chi connectivity index (χ1n) is 5.83. The molecule has 0 saturated heterocycles. The number of hydrogen-bond acceptors (Lipinski definition) is 1. The zero-order valence-corrected chi connectivity index (χ0v) is 11.4. The van der Waals surface area contributed by atoms with E-state index in [4.69, 9.17) is 0 Å². The summed E-state index contributed by atoms with van der Waals surface area (Å²) in [7, 11) is 0. The molecular weight excluding hydrogens is 295 g/mol. The summed E-state index contributed by atoms with van der Waals surface area (Å²) in [6.07, 6.45) is 0.716. The van der Waals surface area contributed by atoms with Crippen molar-refractivity contribution in [1.29, 1.82) is 0 Å². The Hall–Kier alpha value is -1.19. The van der Waals surface area contributed by atoms with Gasteiger partial charge in [0.2, 0.25) is 0 Å². The molecule has 18 heavy (non-hydrogen) atoms. The largest absolute Gasteiger partial charge is 0.388 e. The van der Waals surface area contributed by atoms with Gasteiger partial charge in [-0.3, -0.25) is 0 Å². The van der Waals surface area contributed by atoms with E-state index in [1.54, 1.807) is 6.07 Å². The Labute approximate surface area is 114 Å². The number of benzene rings is 2. The Kier molecular flexibility index (Phi) is 4.50. The van der Waals surface area contributed by atoms with Crippen LogP contribution in [0.25, 0.3) is 0 Å². The Morgan fingerprint density at radius 3 is 2.50 bits per heavy atom. The second kappa shape index (κ2) is 6.12. The molecule has 0 spiro atoms. The molecule has 0 aliphatic carbocycles. The monoisotopic (exact) mass is 308 g/mol. The van der Waals surface area contributed by atoms with E-state index in [-0.39, 0.29) is 5.82 Å². The summed E-state index contributed by atoms with van der Waals surface area (Å²) in [5, 5.41) is 10.0. The molecule has 0 aliphatic heterocycles. The third-order valence-electron chi connectivity index (χ3n) is 2.82. The molecule has 0 aliphatic rings. The van der Waals surface area contributed by atoms with Crippen molar-refractivity contribution in [3.05, 3.63) is 69.9 Å². The quantitative estimate of drug-likeness (QED) is 0.895. The minimum Gasteiger partial charge on any atom is -0.388 e. The van der Waals surface area contributed by atoms with Crippen LogP contribution in [0.3, 0.4) is 0 Å². The van der Waals surface area contributed by atoms with E-state index in [0.29, 0.717) is 16.5 Å². The van der Waals surface area contributed by atoms with E-state index in [1.807, 2.05) is 30.3 Å². The second-order valence-corrected chi connectivity index (χ2v) is 5.16. The fourth-order valence-electron chi connectivity index (χ4n) is 1.88. The van der Waals surface area contributed by atoms with Gasteiger partial charge in [-0.15, -0.1) is 0 Å². The van der Waals surface area contributed by atoms with Crippen LogP contribution in [0.4, 0.5) is 4.39 Å². The zero-order valence-electron chi connectivity index (χ0n) is 9.81. The van der Waals surface area contributed by atoms with Gasteiger partial charge in [0.05, 0.1) is 6.10 Å². The van der Waals surface area contributed by atoms with Crippen molar-refractivity contribution >= 4 is 15.9 Å². The third-order valence-corrected chi connectivity index (χ3v) is 3.28. The molecule has 1 N–H and O–H groups in total. The van der Waals surface area contributed by atoms with E-state index >= 15 is 0 Å². The van der Waals surface area contributed by atoms with Crippen molar-refractivity contribution in [3.8, 4) is 0 Å². The number of aryl methyl sites for hydroxylation is 1. The molecule has 0 heterocycles. The Morgan fingerprint density at radius 2 is 1.83 bits per heavy atom. The van der Waals surface area contributed by atoms with E-state index in [2.05, 4.69) is 15.9 Å². The molecule has 2 aromatic rings. The molecule has 0 radical (unpaired) electrons. The Bertz CT molecular complexity index is 493. The lowest BCUT2D eigenvalue weighted by atomic mass is 10.0. The second-order valence-electron chi connectivity index (χ2n) is 4.24. The highest BCUT2D eigenvalue weighted by molar-refractivity contribution is 9.10. The zero-order chi connectivity index (χ0) is 13.0.